The third-order valence-corrected chi connectivity index (χ3v) is 5.71. The van der Waals surface area contributed by atoms with Crippen LogP contribution in [0, 0.1) is 11.8 Å². The van der Waals surface area contributed by atoms with Gasteiger partial charge in [0.2, 0.25) is 0 Å². The van der Waals surface area contributed by atoms with Crippen molar-refractivity contribution in [2.75, 3.05) is 33.4 Å². The van der Waals surface area contributed by atoms with Crippen LogP contribution in [0.5, 0.6) is 0 Å². The molecule has 2 heterocycles. The van der Waals surface area contributed by atoms with Crippen LogP contribution in [0.2, 0.25) is 0 Å². The number of halogens is 4. The molecule has 0 bridgehead atoms. The highest BCUT2D eigenvalue weighted by Crippen LogP contribution is 2.28. The Morgan fingerprint density at radius 3 is 1.44 bits per heavy atom. The number of alkyl halides is 4. The van der Waals surface area contributed by atoms with Gasteiger partial charge in [0.1, 0.15) is 23.3 Å². The molecule has 1 N–H and O–H groups in total. The van der Waals surface area contributed by atoms with Crippen molar-refractivity contribution in [3.05, 3.63) is 0 Å². The number of likely N-dealkylation sites (tertiary alicyclic amines) is 2. The predicted octanol–water partition coefficient (Wildman–Crippen LogP) is 3.96. The van der Waals surface area contributed by atoms with Gasteiger partial charge in [-0.25, -0.2) is 19.2 Å². The molecule has 2 saturated heterocycles. The third kappa shape index (κ3) is 13.1. The van der Waals surface area contributed by atoms with Gasteiger partial charge in [-0.3, -0.25) is 9.80 Å². The average molecular weight is 605 g/mol. The fourth-order valence-electron chi connectivity index (χ4n) is 4.14. The van der Waals surface area contributed by atoms with Crippen molar-refractivity contribution >= 4 is 24.1 Å². The van der Waals surface area contributed by atoms with E-state index in [4.69, 9.17) is 14.6 Å². The quantitative estimate of drug-likeness (QED) is 0.246. The third-order valence-electron chi connectivity index (χ3n) is 5.71. The van der Waals surface area contributed by atoms with E-state index in [0.717, 1.165) is 4.90 Å². The van der Waals surface area contributed by atoms with E-state index in [1.807, 2.05) is 0 Å². The number of methoxy groups -OCH3 is 1. The molecule has 0 aliphatic carbocycles. The number of ether oxygens (including phenoxy) is 5. The molecular formula is C25H40F4N2O10. The molecule has 2 amide bonds. The van der Waals surface area contributed by atoms with Crippen molar-refractivity contribution < 1.29 is 65.5 Å². The number of carbonyl (C=O) groups is 4. The Morgan fingerprint density at radius 2 is 1.12 bits per heavy atom. The molecule has 238 valence electrons. The van der Waals surface area contributed by atoms with Gasteiger partial charge in [-0.15, -0.1) is 0 Å². The van der Waals surface area contributed by atoms with E-state index in [2.05, 4.69) is 14.2 Å². The van der Waals surface area contributed by atoms with Crippen molar-refractivity contribution in [2.45, 2.75) is 90.9 Å². The molecule has 0 radical (unpaired) electrons. The van der Waals surface area contributed by atoms with E-state index in [0.29, 0.717) is 0 Å². The molecule has 2 rings (SSSR count). The Morgan fingerprint density at radius 1 is 0.756 bits per heavy atom. The highest BCUT2D eigenvalue weighted by molar-refractivity contribution is 5.82. The lowest BCUT2D eigenvalue weighted by Gasteiger charge is -2.27. The van der Waals surface area contributed by atoms with E-state index in [-0.39, 0.29) is 45.1 Å². The lowest BCUT2D eigenvalue weighted by Crippen LogP contribution is -2.43. The Labute approximate surface area is 236 Å². The Hall–Kier alpha value is -2.88. The molecule has 2 fully saturated rings. The zero-order valence-electron chi connectivity index (χ0n) is 24.2. The molecule has 41 heavy (non-hydrogen) atoms. The van der Waals surface area contributed by atoms with Crippen molar-refractivity contribution in [3.63, 3.8) is 0 Å². The molecule has 4 atom stereocenters. The first-order valence-corrected chi connectivity index (χ1v) is 12.8. The van der Waals surface area contributed by atoms with Gasteiger partial charge >= 0.3 is 37.3 Å². The second kappa shape index (κ2) is 15.4. The van der Waals surface area contributed by atoms with Crippen molar-refractivity contribution in [1.29, 1.82) is 0 Å². The second-order valence-corrected chi connectivity index (χ2v) is 11.5. The standard InChI is InChI=1S/C13H21F2NO5.C12H19F2NO5/c1-13(2,3)21-12(18)16-6-8(7-20-11(14)15)5-9(16)10(17)19-4;1-12(2,3)20-11(18)15-5-7(6-19-10(13)14)4-8(15)9(16)17/h8-9,11H,5-7H2,1-4H3;7-8,10H,4-6H2,1-3H3,(H,16,17)/t8-,9-;7-,8-/m00/s1. The summed E-state index contributed by atoms with van der Waals surface area (Å²) in [4.78, 5) is 49.1. The summed E-state index contributed by atoms with van der Waals surface area (Å²) in [7, 11) is 1.21. The lowest BCUT2D eigenvalue weighted by molar-refractivity contribution is -0.146. The highest BCUT2D eigenvalue weighted by Gasteiger charge is 2.43. The number of amides is 2. The lowest BCUT2D eigenvalue weighted by atomic mass is 10.1. The van der Waals surface area contributed by atoms with Crippen LogP contribution in [-0.4, -0.2) is 109 Å². The highest BCUT2D eigenvalue weighted by atomic mass is 19.3. The summed E-state index contributed by atoms with van der Waals surface area (Å²) in [5.74, 6) is -2.59. The van der Waals surface area contributed by atoms with E-state index in [9.17, 15) is 36.7 Å². The summed E-state index contributed by atoms with van der Waals surface area (Å²) in [6.45, 7) is 3.91. The van der Waals surface area contributed by atoms with Crippen LogP contribution in [0.3, 0.4) is 0 Å². The number of hydrogen-bond acceptors (Lipinski definition) is 9. The summed E-state index contributed by atoms with van der Waals surface area (Å²) in [6, 6.07) is -1.91. The van der Waals surface area contributed by atoms with Gasteiger partial charge in [-0.2, -0.15) is 17.6 Å². The van der Waals surface area contributed by atoms with Gasteiger partial charge in [-0.1, -0.05) is 0 Å². The SMILES string of the molecule is CC(C)(C)OC(=O)N1C[C@@H](COC(F)F)C[C@H]1C(=O)O.COC(=O)[C@@H]1C[C@H](COC(F)F)CN1C(=O)OC(C)(C)C. The van der Waals surface area contributed by atoms with Crippen molar-refractivity contribution in [1.82, 2.24) is 9.80 Å². The zero-order valence-corrected chi connectivity index (χ0v) is 24.2. The van der Waals surface area contributed by atoms with E-state index in [1.165, 1.54) is 12.0 Å². The Bertz CT molecular complexity index is 895. The first-order chi connectivity index (χ1) is 18.7. The van der Waals surface area contributed by atoms with Crippen LogP contribution in [0.25, 0.3) is 0 Å². The molecule has 2 aliphatic heterocycles. The number of esters is 1. The fraction of sp³-hybridized carbons (Fsp3) is 0.840. The second-order valence-electron chi connectivity index (χ2n) is 11.5. The van der Waals surface area contributed by atoms with Crippen LogP contribution in [-0.2, 0) is 33.3 Å². The molecule has 0 spiro atoms. The van der Waals surface area contributed by atoms with Crippen molar-refractivity contribution in [3.8, 4) is 0 Å². The minimum absolute atomic E-state index is 0.0264. The van der Waals surface area contributed by atoms with E-state index < -0.39 is 66.6 Å². The normalized spacial score (nSPS) is 22.9. The van der Waals surface area contributed by atoms with Gasteiger partial charge in [0.15, 0.2) is 0 Å². The van der Waals surface area contributed by atoms with Gasteiger partial charge in [0.05, 0.1) is 20.3 Å². The predicted molar refractivity (Wildman–Crippen MR) is 133 cm³/mol. The molecule has 0 aromatic carbocycles. The average Bonchev–Trinajstić information content (AvgIpc) is 3.44. The van der Waals surface area contributed by atoms with Crippen LogP contribution in [0.15, 0.2) is 0 Å². The van der Waals surface area contributed by atoms with Crippen molar-refractivity contribution in [2.24, 2.45) is 11.8 Å². The van der Waals surface area contributed by atoms with Gasteiger partial charge < -0.3 is 28.8 Å². The number of hydrogen-bond donors (Lipinski definition) is 1. The summed E-state index contributed by atoms with van der Waals surface area (Å²) >= 11 is 0. The van der Waals surface area contributed by atoms with Crippen LogP contribution in [0.1, 0.15) is 54.4 Å². The number of carboxylic acid groups (broad SMARTS) is 1. The maximum absolute atomic E-state index is 12.1. The molecule has 0 aromatic rings. The fourth-order valence-corrected chi connectivity index (χ4v) is 4.14. The number of nitrogens with zero attached hydrogens (tertiary/aromatic N) is 2. The van der Waals surface area contributed by atoms with E-state index in [1.54, 1.807) is 41.5 Å². The first kappa shape index (κ1) is 36.1. The maximum atomic E-state index is 12.1. The number of carboxylic acids is 1. The minimum Gasteiger partial charge on any atom is -0.480 e. The van der Waals surface area contributed by atoms with Crippen LogP contribution in [0.4, 0.5) is 27.2 Å². The Kier molecular flexibility index (Phi) is 13.6. The molecule has 12 nitrogen and oxygen atoms in total. The minimum atomic E-state index is -2.91. The first-order valence-electron chi connectivity index (χ1n) is 12.8. The zero-order chi connectivity index (χ0) is 31.7. The summed E-state index contributed by atoms with van der Waals surface area (Å²) in [5.41, 5.74) is -1.47. The smallest absolute Gasteiger partial charge is 0.411 e. The van der Waals surface area contributed by atoms with Crippen LogP contribution < -0.4 is 0 Å². The Balaban J connectivity index is 0.000000410. The van der Waals surface area contributed by atoms with E-state index >= 15 is 0 Å². The molecule has 0 saturated carbocycles. The number of carbonyl (C=O) groups excluding carboxylic acids is 3. The molecule has 16 heteroatoms. The molecule has 2 aliphatic rings. The molecular weight excluding hydrogens is 564 g/mol. The summed E-state index contributed by atoms with van der Waals surface area (Å²) < 4.78 is 71.5. The summed E-state index contributed by atoms with van der Waals surface area (Å²) in [5, 5.41) is 9.09. The van der Waals surface area contributed by atoms with Gasteiger partial charge in [-0.05, 0) is 54.4 Å². The molecule has 0 aromatic heterocycles. The van der Waals surface area contributed by atoms with Gasteiger partial charge in [0.25, 0.3) is 0 Å². The number of rotatable bonds is 8. The largest absolute Gasteiger partial charge is 0.480 e. The van der Waals surface area contributed by atoms with Crippen LogP contribution >= 0.6 is 0 Å². The monoisotopic (exact) mass is 604 g/mol. The van der Waals surface area contributed by atoms with Gasteiger partial charge in [0, 0.05) is 24.9 Å². The topological polar surface area (TPSA) is 141 Å². The number of aliphatic carboxylic acids is 1. The maximum Gasteiger partial charge on any atom is 0.411 e. The summed E-state index contributed by atoms with van der Waals surface area (Å²) in [6.07, 6.45) is -1.15. The molecule has 0 unspecified atom stereocenters.